The molecule has 2 aliphatic rings. The molecule has 1 atom stereocenters. The van der Waals surface area contributed by atoms with Crippen LogP contribution in [0.2, 0.25) is 0 Å². The van der Waals surface area contributed by atoms with Gasteiger partial charge in [0.2, 0.25) is 5.91 Å². The number of hydrogen-bond donors (Lipinski definition) is 1. The average Bonchev–Trinajstić information content (AvgIpc) is 3.57. The monoisotopic (exact) mass is 442 g/mol. The van der Waals surface area contributed by atoms with Crippen molar-refractivity contribution < 1.29 is 9.59 Å². The van der Waals surface area contributed by atoms with Crippen molar-refractivity contribution in [3.05, 3.63) is 65.4 Å². The predicted octanol–water partition coefficient (Wildman–Crippen LogP) is 2.36. The zero-order valence-corrected chi connectivity index (χ0v) is 18.8. The van der Waals surface area contributed by atoms with Crippen molar-refractivity contribution in [1.29, 1.82) is 0 Å². The van der Waals surface area contributed by atoms with Crippen LogP contribution in [0.5, 0.6) is 0 Å². The first-order valence-corrected chi connectivity index (χ1v) is 11.2. The average molecular weight is 443 g/mol. The number of nitrogens with zero attached hydrogens (tertiary/aromatic N) is 5. The summed E-state index contributed by atoms with van der Waals surface area (Å²) >= 11 is 0. The minimum absolute atomic E-state index is 0.00119. The van der Waals surface area contributed by atoms with E-state index in [0.29, 0.717) is 25.2 Å². The van der Waals surface area contributed by atoms with E-state index >= 15 is 0 Å². The number of rotatable bonds is 5. The third-order valence-corrected chi connectivity index (χ3v) is 6.38. The lowest BCUT2D eigenvalue weighted by Crippen LogP contribution is -2.39. The molecule has 1 fully saturated rings. The first-order valence-electron chi connectivity index (χ1n) is 11.2. The maximum absolute atomic E-state index is 12.6. The molecular formula is C25H26N6O2. The molecule has 33 heavy (non-hydrogen) atoms. The van der Waals surface area contributed by atoms with Gasteiger partial charge in [-0.1, -0.05) is 30.3 Å². The third-order valence-electron chi connectivity index (χ3n) is 6.38. The van der Waals surface area contributed by atoms with Crippen molar-refractivity contribution in [3.63, 3.8) is 0 Å². The Morgan fingerprint density at radius 2 is 1.97 bits per heavy atom. The van der Waals surface area contributed by atoms with Gasteiger partial charge < -0.3 is 10.2 Å². The number of carbonyl (C=O) groups excluding carboxylic acids is 2. The second kappa shape index (κ2) is 8.61. The SMILES string of the molecule is Cc1nn(C)c2cc(C3=NCC(C4CCN(C(=O)CNC(=O)c5ccccc5)C4)=N3)ccc12. The normalized spacial score (nSPS) is 17.9. The van der Waals surface area contributed by atoms with Gasteiger partial charge >= 0.3 is 0 Å². The summed E-state index contributed by atoms with van der Waals surface area (Å²) in [4.78, 5) is 36.1. The molecule has 0 spiro atoms. The molecule has 1 saturated heterocycles. The van der Waals surface area contributed by atoms with Gasteiger partial charge in [-0.25, -0.2) is 4.99 Å². The van der Waals surface area contributed by atoms with Crippen LogP contribution in [0.1, 0.15) is 28.0 Å². The van der Waals surface area contributed by atoms with Crippen LogP contribution in [-0.4, -0.2) is 64.2 Å². The van der Waals surface area contributed by atoms with Crippen molar-refractivity contribution in [2.75, 3.05) is 26.2 Å². The van der Waals surface area contributed by atoms with Gasteiger partial charge in [0.05, 0.1) is 24.3 Å². The molecule has 3 heterocycles. The van der Waals surface area contributed by atoms with Crippen molar-refractivity contribution in [1.82, 2.24) is 20.0 Å². The summed E-state index contributed by atoms with van der Waals surface area (Å²) in [6.07, 6.45) is 0.861. The van der Waals surface area contributed by atoms with Crippen molar-refractivity contribution in [2.45, 2.75) is 13.3 Å². The molecule has 0 saturated carbocycles. The summed E-state index contributed by atoms with van der Waals surface area (Å²) in [5.74, 6) is 0.630. The first-order chi connectivity index (χ1) is 16.0. The van der Waals surface area contributed by atoms with Crippen LogP contribution in [-0.2, 0) is 11.8 Å². The standard InChI is InChI=1S/C25H26N6O2/c1-16-20-9-8-18(12-22(20)30(2)29-16)24-26-13-21(28-24)19-10-11-31(15-19)23(32)14-27-25(33)17-6-4-3-5-7-17/h3-9,12,19H,10-11,13-15H2,1-2H3,(H,27,33). The Morgan fingerprint density at radius 1 is 1.15 bits per heavy atom. The topological polar surface area (TPSA) is 92.0 Å². The van der Waals surface area contributed by atoms with Crippen LogP contribution in [0.4, 0.5) is 0 Å². The molecule has 1 N–H and O–H groups in total. The number of amidine groups is 1. The van der Waals surface area contributed by atoms with E-state index in [9.17, 15) is 9.59 Å². The van der Waals surface area contributed by atoms with E-state index in [1.54, 1.807) is 29.2 Å². The number of aryl methyl sites for hydroxylation is 2. The Bertz CT molecular complexity index is 1290. The zero-order chi connectivity index (χ0) is 22.9. The Morgan fingerprint density at radius 3 is 2.79 bits per heavy atom. The summed E-state index contributed by atoms with van der Waals surface area (Å²) in [7, 11) is 1.94. The number of aliphatic imine (C=N–C) groups is 2. The molecule has 8 heteroatoms. The minimum atomic E-state index is -0.238. The molecular weight excluding hydrogens is 416 g/mol. The maximum Gasteiger partial charge on any atom is 0.251 e. The maximum atomic E-state index is 12.6. The molecule has 2 aromatic carbocycles. The van der Waals surface area contributed by atoms with Crippen LogP contribution in [0.15, 0.2) is 58.5 Å². The van der Waals surface area contributed by atoms with Gasteiger partial charge in [0.25, 0.3) is 5.91 Å². The van der Waals surface area contributed by atoms with Crippen molar-refractivity contribution in [3.8, 4) is 0 Å². The van der Waals surface area contributed by atoms with Gasteiger partial charge in [-0.3, -0.25) is 19.3 Å². The lowest BCUT2D eigenvalue weighted by atomic mass is 10.0. The Kier molecular flexibility index (Phi) is 5.50. The third kappa shape index (κ3) is 4.16. The van der Waals surface area contributed by atoms with Crippen LogP contribution in [0.3, 0.4) is 0 Å². The van der Waals surface area contributed by atoms with Crippen LogP contribution in [0, 0.1) is 12.8 Å². The fourth-order valence-electron chi connectivity index (χ4n) is 4.53. The molecule has 2 aliphatic heterocycles. The predicted molar refractivity (Wildman–Crippen MR) is 128 cm³/mol. The van der Waals surface area contributed by atoms with Crippen molar-refractivity contribution in [2.24, 2.45) is 23.0 Å². The summed E-state index contributed by atoms with van der Waals surface area (Å²) in [5.41, 5.74) is 4.62. The fourth-order valence-corrected chi connectivity index (χ4v) is 4.53. The quantitative estimate of drug-likeness (QED) is 0.658. The molecule has 1 unspecified atom stereocenters. The lowest BCUT2D eigenvalue weighted by molar-refractivity contribution is -0.129. The van der Waals surface area contributed by atoms with E-state index in [2.05, 4.69) is 27.5 Å². The first kappa shape index (κ1) is 21.1. The molecule has 5 rings (SSSR count). The molecule has 168 valence electrons. The van der Waals surface area contributed by atoms with Gasteiger partial charge in [-0.15, -0.1) is 0 Å². The second-order valence-electron chi connectivity index (χ2n) is 8.56. The van der Waals surface area contributed by atoms with Crippen LogP contribution < -0.4 is 5.32 Å². The van der Waals surface area contributed by atoms with E-state index < -0.39 is 0 Å². The molecule has 2 amide bonds. The summed E-state index contributed by atoms with van der Waals surface area (Å²) in [6.45, 7) is 3.85. The number of nitrogens with one attached hydrogen (secondary N) is 1. The van der Waals surface area contributed by atoms with Crippen molar-refractivity contribution >= 4 is 34.3 Å². The summed E-state index contributed by atoms with van der Waals surface area (Å²) < 4.78 is 1.88. The number of carbonyl (C=O) groups is 2. The highest BCUT2D eigenvalue weighted by molar-refractivity contribution is 6.13. The molecule has 3 aromatic rings. The molecule has 0 radical (unpaired) electrons. The summed E-state index contributed by atoms with van der Waals surface area (Å²) in [5, 5.41) is 8.33. The van der Waals surface area contributed by atoms with Gasteiger partial charge in [0.1, 0.15) is 0 Å². The largest absolute Gasteiger partial charge is 0.343 e. The van der Waals surface area contributed by atoms with E-state index in [4.69, 9.17) is 4.99 Å². The van der Waals surface area contributed by atoms with Crippen LogP contribution >= 0.6 is 0 Å². The number of benzene rings is 2. The number of amides is 2. The highest BCUT2D eigenvalue weighted by Gasteiger charge is 2.31. The lowest BCUT2D eigenvalue weighted by Gasteiger charge is -2.17. The Balaban J connectivity index is 1.20. The molecule has 0 bridgehead atoms. The smallest absolute Gasteiger partial charge is 0.251 e. The van der Waals surface area contributed by atoms with Gasteiger partial charge in [-0.2, -0.15) is 5.10 Å². The number of likely N-dealkylation sites (tertiary alicyclic amines) is 1. The zero-order valence-electron chi connectivity index (χ0n) is 18.8. The van der Waals surface area contributed by atoms with E-state index in [1.165, 1.54) is 0 Å². The number of hydrogen-bond acceptors (Lipinski definition) is 5. The molecule has 0 aliphatic carbocycles. The Hall–Kier alpha value is -3.81. The van der Waals surface area contributed by atoms with Gasteiger partial charge in [-0.05, 0) is 31.5 Å². The minimum Gasteiger partial charge on any atom is -0.343 e. The second-order valence-corrected chi connectivity index (χ2v) is 8.56. The fraction of sp³-hybridized carbons (Fsp3) is 0.320. The highest BCUT2D eigenvalue weighted by Crippen LogP contribution is 2.24. The van der Waals surface area contributed by atoms with Gasteiger partial charge in [0.15, 0.2) is 5.84 Å². The highest BCUT2D eigenvalue weighted by atomic mass is 16.2. The number of aromatic nitrogens is 2. The van der Waals surface area contributed by atoms with E-state index in [1.807, 2.05) is 30.8 Å². The Labute approximate surface area is 192 Å². The van der Waals surface area contributed by atoms with Crippen LogP contribution in [0.25, 0.3) is 10.9 Å². The van der Waals surface area contributed by atoms with Gasteiger partial charge in [0, 0.05) is 48.3 Å². The molecule has 8 nitrogen and oxygen atoms in total. The van der Waals surface area contributed by atoms with E-state index in [0.717, 1.165) is 40.1 Å². The molecule has 1 aromatic heterocycles. The summed E-state index contributed by atoms with van der Waals surface area (Å²) in [6, 6.07) is 15.1. The van der Waals surface area contributed by atoms with E-state index in [-0.39, 0.29) is 24.3 Å². The number of fused-ring (bicyclic) bond motifs is 1.